The molecule has 0 unspecified atom stereocenters. The fourth-order valence-electron chi connectivity index (χ4n) is 3.12. The summed E-state index contributed by atoms with van der Waals surface area (Å²) in [7, 11) is 1.76. The van der Waals surface area contributed by atoms with E-state index in [0.717, 1.165) is 54.7 Å². The van der Waals surface area contributed by atoms with Gasteiger partial charge in [0.15, 0.2) is 5.96 Å². The number of hydrogen-bond acceptors (Lipinski definition) is 3. The molecule has 1 aliphatic carbocycles. The van der Waals surface area contributed by atoms with Gasteiger partial charge in [0.05, 0.1) is 6.61 Å². The number of unbranched alkanes of at least 4 members (excludes halogenated alkanes) is 1. The van der Waals surface area contributed by atoms with Gasteiger partial charge in [-0.3, -0.25) is 9.79 Å². The number of guanidine groups is 1. The Bertz CT molecular complexity index is 860. The van der Waals surface area contributed by atoms with E-state index in [-0.39, 0.29) is 5.91 Å². The Balaban J connectivity index is 1.46. The van der Waals surface area contributed by atoms with Crippen molar-refractivity contribution in [3.05, 3.63) is 65.2 Å². The van der Waals surface area contributed by atoms with E-state index in [0.29, 0.717) is 18.7 Å². The van der Waals surface area contributed by atoms with Crippen LogP contribution in [0.4, 0.5) is 0 Å². The Morgan fingerprint density at radius 2 is 1.77 bits per heavy atom. The molecule has 1 fully saturated rings. The molecule has 1 aliphatic rings. The second kappa shape index (κ2) is 12.0. The quantitative estimate of drug-likeness (QED) is 0.292. The third-order valence-corrected chi connectivity index (χ3v) is 5.31. The van der Waals surface area contributed by atoms with E-state index in [1.165, 1.54) is 12.8 Å². The lowest BCUT2D eigenvalue weighted by atomic mass is 10.1. The zero-order valence-corrected chi connectivity index (χ0v) is 18.6. The van der Waals surface area contributed by atoms with Crippen LogP contribution >= 0.6 is 0 Å². The number of rotatable bonds is 11. The number of amides is 1. The van der Waals surface area contributed by atoms with Crippen molar-refractivity contribution in [1.82, 2.24) is 16.0 Å². The molecule has 3 rings (SSSR count). The van der Waals surface area contributed by atoms with Crippen LogP contribution in [0.1, 0.15) is 54.1 Å². The predicted octanol–water partition coefficient (Wildman–Crippen LogP) is 3.87. The fraction of sp³-hybridized carbons (Fsp3) is 0.440. The van der Waals surface area contributed by atoms with Gasteiger partial charge in [-0.1, -0.05) is 43.7 Å². The van der Waals surface area contributed by atoms with Crippen molar-refractivity contribution in [2.45, 2.75) is 45.7 Å². The van der Waals surface area contributed by atoms with Crippen LogP contribution in [-0.2, 0) is 13.1 Å². The molecule has 0 saturated heterocycles. The first-order valence-electron chi connectivity index (χ1n) is 11.2. The summed E-state index contributed by atoms with van der Waals surface area (Å²) in [5, 5.41) is 9.62. The summed E-state index contributed by atoms with van der Waals surface area (Å²) in [6, 6.07) is 15.8. The Morgan fingerprint density at radius 1 is 1.03 bits per heavy atom. The molecule has 0 aromatic heterocycles. The maximum absolute atomic E-state index is 12.1. The number of nitrogens with one attached hydrogen (secondary N) is 3. The molecule has 6 nitrogen and oxygen atoms in total. The maximum Gasteiger partial charge on any atom is 0.251 e. The molecule has 6 heteroatoms. The summed E-state index contributed by atoms with van der Waals surface area (Å²) in [6.45, 7) is 4.89. The van der Waals surface area contributed by atoms with Crippen LogP contribution in [0, 0.1) is 5.92 Å². The molecule has 31 heavy (non-hydrogen) atoms. The lowest BCUT2D eigenvalue weighted by Gasteiger charge is -2.15. The molecule has 166 valence electrons. The van der Waals surface area contributed by atoms with Gasteiger partial charge in [-0.25, -0.2) is 0 Å². The first kappa shape index (κ1) is 22.7. The molecule has 0 bridgehead atoms. The monoisotopic (exact) mass is 422 g/mol. The molecule has 0 heterocycles. The molecule has 1 saturated carbocycles. The van der Waals surface area contributed by atoms with Crippen LogP contribution in [-0.4, -0.2) is 32.1 Å². The van der Waals surface area contributed by atoms with Crippen LogP contribution in [0.3, 0.4) is 0 Å². The summed E-state index contributed by atoms with van der Waals surface area (Å²) >= 11 is 0. The van der Waals surface area contributed by atoms with E-state index >= 15 is 0 Å². The van der Waals surface area contributed by atoms with Crippen molar-refractivity contribution in [2.75, 3.05) is 20.2 Å². The zero-order chi connectivity index (χ0) is 21.9. The summed E-state index contributed by atoms with van der Waals surface area (Å²) in [5.41, 5.74) is 2.89. The van der Waals surface area contributed by atoms with Gasteiger partial charge < -0.3 is 20.7 Å². The van der Waals surface area contributed by atoms with E-state index in [2.05, 4.69) is 33.9 Å². The number of aliphatic imine (C=N–C) groups is 1. The average Bonchev–Trinajstić information content (AvgIpc) is 3.63. The molecule has 2 aromatic rings. The normalized spacial score (nSPS) is 13.5. The first-order chi connectivity index (χ1) is 15.2. The number of nitrogens with zero attached hydrogens (tertiary/aromatic N) is 1. The Labute approximate surface area is 185 Å². The molecule has 3 N–H and O–H groups in total. The Kier molecular flexibility index (Phi) is 8.76. The van der Waals surface area contributed by atoms with E-state index in [1.807, 2.05) is 42.5 Å². The van der Waals surface area contributed by atoms with Crippen molar-refractivity contribution in [3.8, 4) is 5.75 Å². The van der Waals surface area contributed by atoms with Gasteiger partial charge in [0.2, 0.25) is 0 Å². The van der Waals surface area contributed by atoms with E-state index in [4.69, 9.17) is 4.74 Å². The van der Waals surface area contributed by atoms with Gasteiger partial charge in [0.1, 0.15) is 5.75 Å². The number of para-hydroxylation sites is 1. The van der Waals surface area contributed by atoms with Gasteiger partial charge in [0, 0.05) is 37.8 Å². The molecule has 0 aliphatic heterocycles. The molecule has 1 amide bonds. The number of carbonyl (C=O) groups is 1. The van der Waals surface area contributed by atoms with Crippen molar-refractivity contribution in [1.29, 1.82) is 0 Å². The highest BCUT2D eigenvalue weighted by atomic mass is 16.5. The molecular formula is C25H34N4O2. The largest absolute Gasteiger partial charge is 0.493 e. The third-order valence-electron chi connectivity index (χ3n) is 5.31. The van der Waals surface area contributed by atoms with Crippen LogP contribution in [0.15, 0.2) is 53.5 Å². The van der Waals surface area contributed by atoms with Crippen LogP contribution in [0.2, 0.25) is 0 Å². The number of ether oxygens (including phenoxy) is 1. The van der Waals surface area contributed by atoms with Crippen LogP contribution in [0.25, 0.3) is 0 Å². The molecule has 0 atom stereocenters. The second-order valence-electron chi connectivity index (χ2n) is 7.95. The highest BCUT2D eigenvalue weighted by Crippen LogP contribution is 2.30. The minimum atomic E-state index is -0.0204. The summed E-state index contributed by atoms with van der Waals surface area (Å²) in [5.74, 6) is 2.36. The maximum atomic E-state index is 12.1. The summed E-state index contributed by atoms with van der Waals surface area (Å²) < 4.78 is 5.98. The van der Waals surface area contributed by atoms with Crippen molar-refractivity contribution < 1.29 is 9.53 Å². The third kappa shape index (κ3) is 7.63. The standard InChI is InChI=1S/C25H34N4O2/c1-3-4-15-27-24(30)21-13-11-19(12-14-21)16-28-25(26-2)29-17-22-7-5-6-8-23(22)31-18-20-9-10-20/h5-8,11-14,20H,3-4,9-10,15-18H2,1-2H3,(H,27,30)(H2,26,28,29). The van der Waals surface area contributed by atoms with E-state index in [9.17, 15) is 4.79 Å². The molecule has 2 aromatic carbocycles. The van der Waals surface area contributed by atoms with E-state index < -0.39 is 0 Å². The zero-order valence-electron chi connectivity index (χ0n) is 18.6. The van der Waals surface area contributed by atoms with Gasteiger partial charge in [-0.05, 0) is 48.9 Å². The lowest BCUT2D eigenvalue weighted by molar-refractivity contribution is 0.0953. The van der Waals surface area contributed by atoms with Gasteiger partial charge in [-0.2, -0.15) is 0 Å². The predicted molar refractivity (Wildman–Crippen MR) is 125 cm³/mol. The smallest absolute Gasteiger partial charge is 0.251 e. The number of hydrogen-bond donors (Lipinski definition) is 3. The summed E-state index contributed by atoms with van der Waals surface area (Å²) in [6.07, 6.45) is 4.62. The van der Waals surface area contributed by atoms with Crippen molar-refractivity contribution in [2.24, 2.45) is 10.9 Å². The lowest BCUT2D eigenvalue weighted by Crippen LogP contribution is -2.36. The molecule has 0 spiro atoms. The van der Waals surface area contributed by atoms with Gasteiger partial charge >= 0.3 is 0 Å². The second-order valence-corrected chi connectivity index (χ2v) is 7.95. The first-order valence-corrected chi connectivity index (χ1v) is 11.2. The summed E-state index contributed by atoms with van der Waals surface area (Å²) in [4.78, 5) is 16.4. The number of benzene rings is 2. The van der Waals surface area contributed by atoms with Gasteiger partial charge in [-0.15, -0.1) is 0 Å². The minimum absolute atomic E-state index is 0.0204. The van der Waals surface area contributed by atoms with Crippen LogP contribution < -0.4 is 20.7 Å². The van der Waals surface area contributed by atoms with Gasteiger partial charge in [0.25, 0.3) is 5.91 Å². The topological polar surface area (TPSA) is 74.8 Å². The molecule has 0 radical (unpaired) electrons. The van der Waals surface area contributed by atoms with Crippen LogP contribution in [0.5, 0.6) is 5.75 Å². The van der Waals surface area contributed by atoms with Crippen molar-refractivity contribution in [3.63, 3.8) is 0 Å². The van der Waals surface area contributed by atoms with Crippen molar-refractivity contribution >= 4 is 11.9 Å². The minimum Gasteiger partial charge on any atom is -0.493 e. The average molecular weight is 423 g/mol. The van der Waals surface area contributed by atoms with E-state index in [1.54, 1.807) is 7.05 Å². The molecular weight excluding hydrogens is 388 g/mol. The highest BCUT2D eigenvalue weighted by Gasteiger charge is 2.22. The SMILES string of the molecule is CCCCNC(=O)c1ccc(CNC(=NC)NCc2ccccc2OCC2CC2)cc1. The Hall–Kier alpha value is -3.02. The number of carbonyl (C=O) groups excluding carboxylic acids is 1. The highest BCUT2D eigenvalue weighted by molar-refractivity contribution is 5.94. The Morgan fingerprint density at radius 3 is 2.48 bits per heavy atom. The fourth-order valence-corrected chi connectivity index (χ4v) is 3.12.